The lowest BCUT2D eigenvalue weighted by Crippen LogP contribution is -2.11. The Bertz CT molecular complexity index is 1110. The number of aryl methyl sites for hydroxylation is 1. The molecule has 0 aliphatic carbocycles. The van der Waals surface area contributed by atoms with Crippen molar-refractivity contribution < 1.29 is 8.42 Å². The second-order valence-electron chi connectivity index (χ2n) is 5.63. The topological polar surface area (TPSA) is 67.8 Å². The first kappa shape index (κ1) is 14.7. The fourth-order valence-corrected chi connectivity index (χ4v) is 4.16. The van der Waals surface area contributed by atoms with Crippen LogP contribution < -0.4 is 0 Å². The zero-order chi connectivity index (χ0) is 16.7. The smallest absolute Gasteiger partial charge is 0.268 e. The highest BCUT2D eigenvalue weighted by Crippen LogP contribution is 2.31. The molecule has 0 aliphatic heterocycles. The zero-order valence-electron chi connectivity index (χ0n) is 13.0. The van der Waals surface area contributed by atoms with E-state index in [1.54, 1.807) is 42.7 Å². The first-order chi connectivity index (χ1) is 11.6. The highest BCUT2D eigenvalue weighted by molar-refractivity contribution is 7.90. The average molecular weight is 337 g/mol. The van der Waals surface area contributed by atoms with E-state index in [4.69, 9.17) is 0 Å². The van der Waals surface area contributed by atoms with E-state index in [9.17, 15) is 8.42 Å². The average Bonchev–Trinajstić information content (AvgIpc) is 3.23. The van der Waals surface area contributed by atoms with Crippen molar-refractivity contribution in [3.63, 3.8) is 0 Å². The molecular formula is C18H15N3O2S. The molecule has 0 saturated heterocycles. The summed E-state index contributed by atoms with van der Waals surface area (Å²) in [6.07, 6.45) is 3.35. The van der Waals surface area contributed by atoms with Crippen LogP contribution in [0.4, 0.5) is 0 Å². The number of fused-ring (bicyclic) bond motifs is 1. The Kier molecular flexibility index (Phi) is 3.28. The van der Waals surface area contributed by atoms with Crippen LogP contribution in [0.15, 0.2) is 71.9 Å². The molecule has 5 nitrogen and oxygen atoms in total. The molecule has 120 valence electrons. The van der Waals surface area contributed by atoms with E-state index in [2.05, 4.69) is 10.2 Å². The van der Waals surface area contributed by atoms with Crippen molar-refractivity contribution in [1.82, 2.24) is 14.2 Å². The van der Waals surface area contributed by atoms with Gasteiger partial charge in [-0.25, -0.2) is 12.4 Å². The van der Waals surface area contributed by atoms with E-state index in [0.29, 0.717) is 11.2 Å². The molecule has 0 spiro atoms. The van der Waals surface area contributed by atoms with E-state index in [1.165, 1.54) is 3.97 Å². The van der Waals surface area contributed by atoms with Crippen molar-refractivity contribution in [3.8, 4) is 11.3 Å². The third kappa shape index (κ3) is 2.23. The summed E-state index contributed by atoms with van der Waals surface area (Å²) in [5.74, 6) is 0. The predicted molar refractivity (Wildman–Crippen MR) is 93.3 cm³/mol. The summed E-state index contributed by atoms with van der Waals surface area (Å²) < 4.78 is 27.5. The summed E-state index contributed by atoms with van der Waals surface area (Å²) in [6.45, 7) is 1.93. The summed E-state index contributed by atoms with van der Waals surface area (Å²) in [4.78, 5) is 0.266. The van der Waals surface area contributed by atoms with Crippen LogP contribution in [0.5, 0.6) is 0 Å². The molecule has 1 N–H and O–H groups in total. The van der Waals surface area contributed by atoms with Gasteiger partial charge in [0.2, 0.25) is 0 Å². The number of H-pyrrole nitrogens is 1. The second kappa shape index (κ2) is 5.35. The molecule has 4 rings (SSSR count). The van der Waals surface area contributed by atoms with Crippen molar-refractivity contribution in [2.24, 2.45) is 0 Å². The van der Waals surface area contributed by atoms with Gasteiger partial charge in [0.25, 0.3) is 10.0 Å². The van der Waals surface area contributed by atoms with E-state index in [1.807, 2.05) is 31.2 Å². The van der Waals surface area contributed by atoms with Crippen LogP contribution in [-0.4, -0.2) is 22.6 Å². The highest BCUT2D eigenvalue weighted by Gasteiger charge is 2.22. The van der Waals surface area contributed by atoms with Crippen LogP contribution in [0, 0.1) is 6.92 Å². The number of hydrogen-bond acceptors (Lipinski definition) is 3. The van der Waals surface area contributed by atoms with E-state index in [-0.39, 0.29) is 4.90 Å². The molecule has 0 amide bonds. The Morgan fingerprint density at radius 1 is 1.00 bits per heavy atom. The van der Waals surface area contributed by atoms with E-state index < -0.39 is 10.0 Å². The number of aromatic nitrogens is 3. The van der Waals surface area contributed by atoms with Crippen molar-refractivity contribution in [2.45, 2.75) is 11.8 Å². The molecule has 0 radical (unpaired) electrons. The van der Waals surface area contributed by atoms with Crippen molar-refractivity contribution in [3.05, 3.63) is 72.6 Å². The Balaban J connectivity index is 1.99. The van der Waals surface area contributed by atoms with Gasteiger partial charge in [-0.3, -0.25) is 5.10 Å². The number of nitrogens with one attached hydrogen (secondary N) is 1. The van der Waals surface area contributed by atoms with E-state index >= 15 is 0 Å². The molecule has 4 aromatic rings. The molecule has 2 aromatic heterocycles. The van der Waals surface area contributed by atoms with Gasteiger partial charge >= 0.3 is 0 Å². The Morgan fingerprint density at radius 3 is 2.46 bits per heavy atom. The maximum Gasteiger partial charge on any atom is 0.268 e. The highest BCUT2D eigenvalue weighted by atomic mass is 32.2. The molecule has 0 bridgehead atoms. The lowest BCUT2D eigenvalue weighted by molar-refractivity contribution is 0.589. The van der Waals surface area contributed by atoms with E-state index in [0.717, 1.165) is 16.5 Å². The minimum Gasteiger partial charge on any atom is -0.285 e. The fourth-order valence-electron chi connectivity index (χ4n) is 2.79. The molecule has 0 aliphatic rings. The van der Waals surface area contributed by atoms with Gasteiger partial charge in [-0.05, 0) is 31.2 Å². The minimum absolute atomic E-state index is 0.266. The normalized spacial score (nSPS) is 11.9. The first-order valence-corrected chi connectivity index (χ1v) is 8.94. The summed E-state index contributed by atoms with van der Waals surface area (Å²) in [5, 5.41) is 7.80. The van der Waals surface area contributed by atoms with Gasteiger partial charge in [0.1, 0.15) is 0 Å². The molecule has 0 saturated carbocycles. The number of para-hydroxylation sites is 1. The molecular weight excluding hydrogens is 322 g/mol. The largest absolute Gasteiger partial charge is 0.285 e. The molecule has 6 heteroatoms. The summed E-state index contributed by atoms with van der Waals surface area (Å²) >= 11 is 0. The van der Waals surface area contributed by atoms with Crippen LogP contribution in [0.1, 0.15) is 5.56 Å². The monoisotopic (exact) mass is 337 g/mol. The SMILES string of the molecule is Cc1ccc(S(=O)(=O)n2cc(-c3cc[nH]n3)c3ccccc32)cc1. The maximum atomic E-state index is 13.1. The zero-order valence-corrected chi connectivity index (χ0v) is 13.8. The van der Waals surface area contributed by atoms with Gasteiger partial charge in [-0.2, -0.15) is 5.10 Å². The van der Waals surface area contributed by atoms with Crippen LogP contribution in [0.25, 0.3) is 22.2 Å². The Labute approximate surface area is 139 Å². The summed E-state index contributed by atoms with van der Waals surface area (Å²) in [5.41, 5.74) is 3.14. The standard InChI is InChI=1S/C18H15N3O2S/c1-13-6-8-14(9-7-13)24(22,23)21-12-16(17-10-11-19-20-17)15-4-2-3-5-18(15)21/h2-12H,1H3,(H,19,20). The predicted octanol–water partition coefficient (Wildman–Crippen LogP) is 3.58. The number of benzene rings is 2. The lowest BCUT2D eigenvalue weighted by atomic mass is 10.1. The van der Waals surface area contributed by atoms with Gasteiger partial charge in [0, 0.05) is 23.3 Å². The molecule has 24 heavy (non-hydrogen) atoms. The molecule has 0 unspecified atom stereocenters. The molecule has 0 fully saturated rings. The van der Waals surface area contributed by atoms with Gasteiger partial charge in [0.05, 0.1) is 16.1 Å². The maximum absolute atomic E-state index is 13.1. The van der Waals surface area contributed by atoms with Crippen molar-refractivity contribution in [1.29, 1.82) is 0 Å². The van der Waals surface area contributed by atoms with Crippen LogP contribution in [-0.2, 0) is 10.0 Å². The van der Waals surface area contributed by atoms with Gasteiger partial charge in [-0.15, -0.1) is 0 Å². The van der Waals surface area contributed by atoms with Gasteiger partial charge in [-0.1, -0.05) is 35.9 Å². The number of nitrogens with zero attached hydrogens (tertiary/aromatic N) is 2. The third-order valence-electron chi connectivity index (χ3n) is 4.03. The minimum atomic E-state index is -3.67. The van der Waals surface area contributed by atoms with Gasteiger partial charge < -0.3 is 0 Å². The molecule has 2 heterocycles. The Morgan fingerprint density at radius 2 is 1.75 bits per heavy atom. The quantitative estimate of drug-likeness (QED) is 0.621. The fraction of sp³-hybridized carbons (Fsp3) is 0.0556. The molecule has 2 aromatic carbocycles. The van der Waals surface area contributed by atoms with Gasteiger partial charge in [0.15, 0.2) is 0 Å². The van der Waals surface area contributed by atoms with Crippen LogP contribution in [0.3, 0.4) is 0 Å². The third-order valence-corrected chi connectivity index (χ3v) is 5.72. The summed E-state index contributed by atoms with van der Waals surface area (Å²) in [6, 6.07) is 16.1. The van der Waals surface area contributed by atoms with Crippen molar-refractivity contribution in [2.75, 3.05) is 0 Å². The lowest BCUT2D eigenvalue weighted by Gasteiger charge is -2.07. The van der Waals surface area contributed by atoms with Crippen LogP contribution in [0.2, 0.25) is 0 Å². The summed E-state index contributed by atoms with van der Waals surface area (Å²) in [7, 11) is -3.67. The number of hydrogen-bond donors (Lipinski definition) is 1. The Hall–Kier alpha value is -2.86. The number of aromatic amines is 1. The van der Waals surface area contributed by atoms with Crippen LogP contribution >= 0.6 is 0 Å². The molecule has 0 atom stereocenters. The second-order valence-corrected chi connectivity index (χ2v) is 7.45. The van der Waals surface area contributed by atoms with Crippen molar-refractivity contribution >= 4 is 20.9 Å². The number of rotatable bonds is 3. The first-order valence-electron chi connectivity index (χ1n) is 7.50.